The molecule has 0 radical (unpaired) electrons. The first-order valence-electron chi connectivity index (χ1n) is 7.57. The maximum atomic E-state index is 11.9. The summed E-state index contributed by atoms with van der Waals surface area (Å²) in [6.45, 7) is 9.41. The summed E-state index contributed by atoms with van der Waals surface area (Å²) in [6.07, 6.45) is 2.17. The molecule has 1 aliphatic heterocycles. The Morgan fingerprint density at radius 3 is 2.85 bits per heavy atom. The molecule has 0 bridgehead atoms. The van der Waals surface area contributed by atoms with Crippen LogP contribution in [-0.4, -0.2) is 47.6 Å². The average molecular weight is 278 g/mol. The number of nitrogens with one attached hydrogen (secondary N) is 1. The summed E-state index contributed by atoms with van der Waals surface area (Å²) in [5.41, 5.74) is -0.0499. The fourth-order valence-electron chi connectivity index (χ4n) is 2.78. The molecule has 0 amide bonds. The molecule has 112 valence electrons. The Morgan fingerprint density at radius 2 is 2.20 bits per heavy atom. The van der Waals surface area contributed by atoms with Crippen molar-refractivity contribution in [2.75, 3.05) is 31.6 Å². The minimum absolute atomic E-state index is 0.0499. The van der Waals surface area contributed by atoms with E-state index < -0.39 is 0 Å². The van der Waals surface area contributed by atoms with Gasteiger partial charge in [0, 0.05) is 31.1 Å². The van der Waals surface area contributed by atoms with Gasteiger partial charge in [0.25, 0.3) is 5.56 Å². The highest BCUT2D eigenvalue weighted by molar-refractivity contribution is 5.39. The summed E-state index contributed by atoms with van der Waals surface area (Å²) in [5, 5.41) is 0. The lowest BCUT2D eigenvalue weighted by atomic mass is 10.1. The summed E-state index contributed by atoms with van der Waals surface area (Å²) in [5.74, 6) is 1.84. The summed E-state index contributed by atoms with van der Waals surface area (Å²) >= 11 is 0. The minimum atomic E-state index is -0.0499. The Labute approximate surface area is 121 Å². The monoisotopic (exact) mass is 278 g/mol. The fourth-order valence-corrected chi connectivity index (χ4v) is 2.78. The molecule has 20 heavy (non-hydrogen) atoms. The first kappa shape index (κ1) is 15.0. The van der Waals surface area contributed by atoms with Crippen molar-refractivity contribution in [2.24, 2.45) is 0 Å². The number of hydrogen-bond donors (Lipinski definition) is 1. The highest BCUT2D eigenvalue weighted by atomic mass is 16.1. The van der Waals surface area contributed by atoms with Crippen molar-refractivity contribution in [1.82, 2.24) is 14.9 Å². The topological polar surface area (TPSA) is 52.2 Å². The van der Waals surface area contributed by atoms with E-state index in [-0.39, 0.29) is 11.5 Å². The number of anilines is 1. The predicted octanol–water partition coefficient (Wildman–Crippen LogP) is 1.81. The van der Waals surface area contributed by atoms with E-state index in [1.165, 1.54) is 0 Å². The zero-order valence-electron chi connectivity index (χ0n) is 13.0. The van der Waals surface area contributed by atoms with Gasteiger partial charge in [-0.05, 0) is 26.4 Å². The lowest BCUT2D eigenvalue weighted by Gasteiger charge is -2.31. The predicted molar refractivity (Wildman–Crippen MR) is 82.5 cm³/mol. The summed E-state index contributed by atoms with van der Waals surface area (Å²) in [4.78, 5) is 24.1. The summed E-state index contributed by atoms with van der Waals surface area (Å²) < 4.78 is 0. The van der Waals surface area contributed by atoms with Crippen LogP contribution in [0.4, 0.5) is 5.82 Å². The van der Waals surface area contributed by atoms with E-state index in [9.17, 15) is 4.79 Å². The van der Waals surface area contributed by atoms with E-state index in [0.717, 1.165) is 44.1 Å². The molecule has 0 aromatic carbocycles. The zero-order valence-corrected chi connectivity index (χ0v) is 13.0. The molecular weight excluding hydrogens is 252 g/mol. The Balaban J connectivity index is 2.35. The molecule has 5 nitrogen and oxygen atoms in total. The van der Waals surface area contributed by atoms with Crippen LogP contribution in [0.15, 0.2) is 10.9 Å². The molecule has 1 aromatic rings. The third-order valence-corrected chi connectivity index (χ3v) is 3.96. The standard InChI is InChI=1S/C15H26N4O/c1-5-12-10-18(4)7-6-8-19(12)13-9-14(20)17-15(16-13)11(2)3/h9,11-12H,5-8,10H2,1-4H3,(H,16,17,20). The molecule has 1 fully saturated rings. The highest BCUT2D eigenvalue weighted by Gasteiger charge is 2.24. The maximum absolute atomic E-state index is 11.9. The molecule has 0 spiro atoms. The maximum Gasteiger partial charge on any atom is 0.252 e. The molecule has 1 saturated heterocycles. The van der Waals surface area contributed by atoms with Crippen molar-refractivity contribution in [2.45, 2.75) is 45.6 Å². The van der Waals surface area contributed by atoms with Gasteiger partial charge in [0.15, 0.2) is 0 Å². The van der Waals surface area contributed by atoms with Gasteiger partial charge in [-0.15, -0.1) is 0 Å². The lowest BCUT2D eigenvalue weighted by molar-refractivity contribution is 0.327. The van der Waals surface area contributed by atoms with Crippen molar-refractivity contribution in [3.8, 4) is 0 Å². The number of H-pyrrole nitrogens is 1. The van der Waals surface area contributed by atoms with Crippen LogP contribution in [0, 0.1) is 0 Å². The lowest BCUT2D eigenvalue weighted by Crippen LogP contribution is -2.41. The second-order valence-corrected chi connectivity index (χ2v) is 6.01. The summed E-state index contributed by atoms with van der Waals surface area (Å²) in [6, 6.07) is 2.07. The number of rotatable bonds is 3. The number of aromatic amines is 1. The number of nitrogens with zero attached hydrogens (tertiary/aromatic N) is 3. The van der Waals surface area contributed by atoms with Gasteiger partial charge in [-0.3, -0.25) is 4.79 Å². The Hall–Kier alpha value is -1.36. The summed E-state index contributed by atoms with van der Waals surface area (Å²) in [7, 11) is 2.16. The zero-order chi connectivity index (χ0) is 14.7. The van der Waals surface area contributed by atoms with E-state index >= 15 is 0 Å². The molecule has 1 N–H and O–H groups in total. The van der Waals surface area contributed by atoms with Gasteiger partial charge in [-0.25, -0.2) is 4.98 Å². The number of likely N-dealkylation sites (N-methyl/N-ethyl adjacent to an activating group) is 1. The van der Waals surface area contributed by atoms with Crippen LogP contribution < -0.4 is 10.5 Å². The molecule has 5 heteroatoms. The number of aromatic nitrogens is 2. The van der Waals surface area contributed by atoms with Crippen LogP contribution >= 0.6 is 0 Å². The third-order valence-electron chi connectivity index (χ3n) is 3.96. The molecule has 2 heterocycles. The molecule has 1 atom stereocenters. The van der Waals surface area contributed by atoms with Gasteiger partial charge in [0.05, 0.1) is 0 Å². The second kappa shape index (κ2) is 6.39. The van der Waals surface area contributed by atoms with Crippen molar-refractivity contribution in [3.05, 3.63) is 22.2 Å². The number of hydrogen-bond acceptors (Lipinski definition) is 4. The third kappa shape index (κ3) is 3.39. The Morgan fingerprint density at radius 1 is 1.45 bits per heavy atom. The van der Waals surface area contributed by atoms with Crippen molar-refractivity contribution < 1.29 is 0 Å². The van der Waals surface area contributed by atoms with Crippen molar-refractivity contribution in [1.29, 1.82) is 0 Å². The first-order valence-corrected chi connectivity index (χ1v) is 7.57. The normalized spacial score (nSPS) is 21.2. The molecule has 0 saturated carbocycles. The molecule has 1 aliphatic rings. The molecular formula is C15H26N4O. The largest absolute Gasteiger partial charge is 0.352 e. The Bertz CT molecular complexity index is 497. The van der Waals surface area contributed by atoms with Gasteiger partial charge in [-0.1, -0.05) is 20.8 Å². The first-order chi connectivity index (χ1) is 9.51. The molecule has 1 aromatic heterocycles. The van der Waals surface area contributed by atoms with Gasteiger partial charge in [-0.2, -0.15) is 0 Å². The van der Waals surface area contributed by atoms with E-state index in [0.29, 0.717) is 6.04 Å². The smallest absolute Gasteiger partial charge is 0.252 e. The molecule has 0 aliphatic carbocycles. The van der Waals surface area contributed by atoms with Crippen molar-refractivity contribution >= 4 is 5.82 Å². The van der Waals surface area contributed by atoms with Gasteiger partial charge in [0.1, 0.15) is 11.6 Å². The van der Waals surface area contributed by atoms with E-state index in [1.807, 2.05) is 0 Å². The van der Waals surface area contributed by atoms with E-state index in [4.69, 9.17) is 0 Å². The quantitative estimate of drug-likeness (QED) is 0.916. The molecule has 1 unspecified atom stereocenters. The fraction of sp³-hybridized carbons (Fsp3) is 0.733. The van der Waals surface area contributed by atoms with Crippen LogP contribution in [0.5, 0.6) is 0 Å². The Kier molecular flexibility index (Phi) is 4.81. The van der Waals surface area contributed by atoms with Gasteiger partial charge in [0.2, 0.25) is 0 Å². The second-order valence-electron chi connectivity index (χ2n) is 6.01. The van der Waals surface area contributed by atoms with Gasteiger partial charge >= 0.3 is 0 Å². The van der Waals surface area contributed by atoms with E-state index in [1.54, 1.807) is 6.07 Å². The minimum Gasteiger partial charge on any atom is -0.352 e. The van der Waals surface area contributed by atoms with Crippen LogP contribution in [-0.2, 0) is 0 Å². The van der Waals surface area contributed by atoms with Crippen LogP contribution in [0.25, 0.3) is 0 Å². The van der Waals surface area contributed by atoms with E-state index in [2.05, 4.69) is 47.6 Å². The molecule has 2 rings (SSSR count). The van der Waals surface area contributed by atoms with Gasteiger partial charge < -0.3 is 14.8 Å². The van der Waals surface area contributed by atoms with Crippen molar-refractivity contribution in [3.63, 3.8) is 0 Å². The SMILES string of the molecule is CCC1CN(C)CCCN1c1cc(=O)[nH]c(C(C)C)n1. The highest BCUT2D eigenvalue weighted by Crippen LogP contribution is 2.20. The average Bonchev–Trinajstić information content (AvgIpc) is 2.59. The van der Waals surface area contributed by atoms with Crippen LogP contribution in [0.2, 0.25) is 0 Å². The van der Waals surface area contributed by atoms with Crippen LogP contribution in [0.1, 0.15) is 45.4 Å². The van der Waals surface area contributed by atoms with Crippen LogP contribution in [0.3, 0.4) is 0 Å².